The predicted octanol–water partition coefficient (Wildman–Crippen LogP) is 3.46. The van der Waals surface area contributed by atoms with Crippen molar-refractivity contribution in [3.05, 3.63) is 15.0 Å². The van der Waals surface area contributed by atoms with Crippen molar-refractivity contribution in [2.24, 2.45) is 5.92 Å². The number of rotatable bonds is 2. The van der Waals surface area contributed by atoms with Crippen molar-refractivity contribution in [3.8, 4) is 0 Å². The molecule has 0 aliphatic heterocycles. The molecule has 0 saturated heterocycles. The molecule has 0 atom stereocenters. The van der Waals surface area contributed by atoms with E-state index in [4.69, 9.17) is 16.7 Å². The molecule has 1 aliphatic carbocycles. The number of hydrogen-bond acceptors (Lipinski definition) is 3. The van der Waals surface area contributed by atoms with Crippen molar-refractivity contribution in [3.63, 3.8) is 0 Å². The molecule has 5 heteroatoms. The number of carbonyl (C=O) groups is 1. The molecular formula is C11H14ClNO2S. The lowest BCUT2D eigenvalue weighted by atomic mass is 9.82. The van der Waals surface area contributed by atoms with E-state index in [0.717, 1.165) is 40.7 Å². The van der Waals surface area contributed by atoms with Crippen molar-refractivity contribution >= 4 is 28.9 Å². The van der Waals surface area contributed by atoms with E-state index in [0.29, 0.717) is 5.92 Å². The van der Waals surface area contributed by atoms with Crippen molar-refractivity contribution in [1.82, 2.24) is 4.98 Å². The second-order valence-electron chi connectivity index (χ2n) is 4.30. The molecule has 0 aromatic carbocycles. The lowest BCUT2D eigenvalue weighted by Gasteiger charge is -2.24. The highest BCUT2D eigenvalue weighted by Gasteiger charge is 2.28. The average Bonchev–Trinajstić information content (AvgIpc) is 2.59. The van der Waals surface area contributed by atoms with Gasteiger partial charge in [0.15, 0.2) is 0 Å². The fourth-order valence-corrected chi connectivity index (χ4v) is 3.40. The maximum Gasteiger partial charge on any atom is 0.306 e. The molecule has 3 nitrogen and oxygen atoms in total. The summed E-state index contributed by atoms with van der Waals surface area (Å²) in [5.74, 6) is -0.411. The van der Waals surface area contributed by atoms with Gasteiger partial charge in [-0.05, 0) is 32.6 Å². The molecule has 88 valence electrons. The topological polar surface area (TPSA) is 50.2 Å². The Labute approximate surface area is 103 Å². The minimum atomic E-state index is -0.660. The molecule has 0 unspecified atom stereocenters. The Kier molecular flexibility index (Phi) is 3.50. The number of carboxylic acids is 1. The van der Waals surface area contributed by atoms with E-state index in [1.165, 1.54) is 11.3 Å². The van der Waals surface area contributed by atoms with E-state index in [1.807, 2.05) is 6.92 Å². The Morgan fingerprint density at radius 1 is 1.44 bits per heavy atom. The predicted molar refractivity (Wildman–Crippen MR) is 64.2 cm³/mol. The first-order valence-corrected chi connectivity index (χ1v) is 6.63. The van der Waals surface area contributed by atoms with Gasteiger partial charge in [0.05, 0.1) is 16.6 Å². The molecule has 1 saturated carbocycles. The van der Waals surface area contributed by atoms with Crippen LogP contribution in [0.3, 0.4) is 0 Å². The first-order valence-electron chi connectivity index (χ1n) is 5.43. The highest BCUT2D eigenvalue weighted by atomic mass is 35.5. The van der Waals surface area contributed by atoms with Crippen LogP contribution < -0.4 is 0 Å². The SMILES string of the molecule is Cc1nc(C2CCC(C(=O)O)CC2)sc1Cl. The van der Waals surface area contributed by atoms with Gasteiger partial charge >= 0.3 is 5.97 Å². The number of nitrogens with zero attached hydrogens (tertiary/aromatic N) is 1. The van der Waals surface area contributed by atoms with Crippen LogP contribution in [0.1, 0.15) is 42.3 Å². The first-order chi connectivity index (χ1) is 7.58. The van der Waals surface area contributed by atoms with E-state index >= 15 is 0 Å². The van der Waals surface area contributed by atoms with Crippen LogP contribution in [0.5, 0.6) is 0 Å². The van der Waals surface area contributed by atoms with Gasteiger partial charge in [0, 0.05) is 5.92 Å². The lowest BCUT2D eigenvalue weighted by molar-refractivity contribution is -0.142. The van der Waals surface area contributed by atoms with E-state index < -0.39 is 5.97 Å². The molecule has 2 rings (SSSR count). The Hall–Kier alpha value is -0.610. The van der Waals surface area contributed by atoms with Gasteiger partial charge in [-0.15, -0.1) is 11.3 Å². The highest BCUT2D eigenvalue weighted by molar-refractivity contribution is 7.16. The summed E-state index contributed by atoms with van der Waals surface area (Å²) in [7, 11) is 0. The number of halogens is 1. The summed E-state index contributed by atoms with van der Waals surface area (Å²) in [5, 5.41) is 9.98. The van der Waals surface area contributed by atoms with Crippen LogP contribution in [-0.4, -0.2) is 16.1 Å². The molecule has 0 bridgehead atoms. The van der Waals surface area contributed by atoms with Gasteiger partial charge in [-0.1, -0.05) is 11.6 Å². The van der Waals surface area contributed by atoms with Crippen molar-refractivity contribution in [2.45, 2.75) is 38.5 Å². The molecule has 16 heavy (non-hydrogen) atoms. The van der Waals surface area contributed by atoms with E-state index in [9.17, 15) is 4.79 Å². The largest absolute Gasteiger partial charge is 0.481 e. The summed E-state index contributed by atoms with van der Waals surface area (Å²) in [6.45, 7) is 1.91. The molecule has 1 fully saturated rings. The molecule has 1 N–H and O–H groups in total. The number of carboxylic acid groups (broad SMARTS) is 1. The zero-order valence-corrected chi connectivity index (χ0v) is 10.6. The van der Waals surface area contributed by atoms with Gasteiger partial charge in [-0.3, -0.25) is 4.79 Å². The highest BCUT2D eigenvalue weighted by Crippen LogP contribution is 2.39. The number of thiazole rings is 1. The molecule has 1 aliphatic rings. The summed E-state index contributed by atoms with van der Waals surface area (Å²) >= 11 is 7.53. The summed E-state index contributed by atoms with van der Waals surface area (Å²) < 4.78 is 0.760. The second kappa shape index (κ2) is 4.72. The van der Waals surface area contributed by atoms with E-state index in [-0.39, 0.29) is 5.92 Å². The van der Waals surface area contributed by atoms with Gasteiger partial charge in [0.25, 0.3) is 0 Å². The van der Waals surface area contributed by atoms with Crippen LogP contribution in [0.2, 0.25) is 4.34 Å². The Morgan fingerprint density at radius 3 is 2.50 bits per heavy atom. The summed E-state index contributed by atoms with van der Waals surface area (Å²) in [4.78, 5) is 15.3. The molecule has 1 heterocycles. The molecule has 1 aromatic rings. The van der Waals surface area contributed by atoms with Crippen LogP contribution >= 0.6 is 22.9 Å². The number of aryl methyl sites for hydroxylation is 1. The third-order valence-electron chi connectivity index (χ3n) is 3.18. The fourth-order valence-electron chi connectivity index (χ4n) is 2.16. The summed E-state index contributed by atoms with van der Waals surface area (Å²) in [5.41, 5.74) is 0.891. The minimum Gasteiger partial charge on any atom is -0.481 e. The van der Waals surface area contributed by atoms with Crippen molar-refractivity contribution in [2.75, 3.05) is 0 Å². The van der Waals surface area contributed by atoms with Crippen molar-refractivity contribution in [1.29, 1.82) is 0 Å². The molecule has 0 amide bonds. The first kappa shape index (κ1) is 11.9. The monoisotopic (exact) mass is 259 g/mol. The normalized spacial score (nSPS) is 25.6. The quantitative estimate of drug-likeness (QED) is 0.885. The molecular weight excluding hydrogens is 246 g/mol. The van der Waals surface area contributed by atoms with Gasteiger partial charge < -0.3 is 5.11 Å². The molecule has 0 radical (unpaired) electrons. The zero-order valence-electron chi connectivity index (χ0n) is 9.07. The van der Waals surface area contributed by atoms with Gasteiger partial charge in [0.1, 0.15) is 4.34 Å². The van der Waals surface area contributed by atoms with Crippen LogP contribution in [0.4, 0.5) is 0 Å². The molecule has 0 spiro atoms. The van der Waals surface area contributed by atoms with Crippen LogP contribution in [0.15, 0.2) is 0 Å². The van der Waals surface area contributed by atoms with Crippen LogP contribution in [0, 0.1) is 12.8 Å². The molecule has 1 aromatic heterocycles. The maximum absolute atomic E-state index is 10.8. The Balaban J connectivity index is 2.01. The number of aromatic nitrogens is 1. The smallest absolute Gasteiger partial charge is 0.306 e. The summed E-state index contributed by atoms with van der Waals surface area (Å²) in [6, 6.07) is 0. The van der Waals surface area contributed by atoms with Crippen LogP contribution in [0.25, 0.3) is 0 Å². The minimum absolute atomic E-state index is 0.159. The van der Waals surface area contributed by atoms with Crippen LogP contribution in [-0.2, 0) is 4.79 Å². The second-order valence-corrected chi connectivity index (χ2v) is 5.93. The van der Waals surface area contributed by atoms with Crippen molar-refractivity contribution < 1.29 is 9.90 Å². The third-order valence-corrected chi connectivity index (χ3v) is 4.80. The van der Waals surface area contributed by atoms with E-state index in [2.05, 4.69) is 4.98 Å². The Morgan fingerprint density at radius 2 is 2.06 bits per heavy atom. The Bertz CT molecular complexity index is 377. The number of hydrogen-bond donors (Lipinski definition) is 1. The summed E-state index contributed by atoms with van der Waals surface area (Å²) in [6.07, 6.45) is 3.35. The number of aliphatic carboxylic acids is 1. The lowest BCUT2D eigenvalue weighted by Crippen LogP contribution is -2.20. The maximum atomic E-state index is 10.8. The van der Waals surface area contributed by atoms with Gasteiger partial charge in [0.2, 0.25) is 0 Å². The van der Waals surface area contributed by atoms with Gasteiger partial charge in [-0.25, -0.2) is 4.98 Å². The zero-order chi connectivity index (χ0) is 11.7. The fraction of sp³-hybridized carbons (Fsp3) is 0.636. The van der Waals surface area contributed by atoms with E-state index in [1.54, 1.807) is 0 Å². The standard InChI is InChI=1S/C11H14ClNO2S/c1-6-9(12)16-10(13-6)7-2-4-8(5-3-7)11(14)15/h7-8H,2-5H2,1H3,(H,14,15). The third kappa shape index (κ3) is 2.38. The average molecular weight is 260 g/mol. The van der Waals surface area contributed by atoms with Gasteiger partial charge in [-0.2, -0.15) is 0 Å².